The van der Waals surface area contributed by atoms with Crippen molar-refractivity contribution in [3.63, 3.8) is 0 Å². The van der Waals surface area contributed by atoms with Crippen LogP contribution in [0.4, 0.5) is 4.79 Å². The molecule has 0 bridgehead atoms. The van der Waals surface area contributed by atoms with Crippen molar-refractivity contribution in [2.24, 2.45) is 0 Å². The molecule has 2 heterocycles. The lowest BCUT2D eigenvalue weighted by molar-refractivity contribution is -0.132. The van der Waals surface area contributed by atoms with E-state index in [1.165, 1.54) is 11.8 Å². The molecule has 28 heavy (non-hydrogen) atoms. The number of aryl methyl sites for hydroxylation is 1. The summed E-state index contributed by atoms with van der Waals surface area (Å²) >= 11 is 1.63. The maximum atomic E-state index is 13.4. The maximum Gasteiger partial charge on any atom is 0.325 e. The van der Waals surface area contributed by atoms with E-state index in [9.17, 15) is 14.4 Å². The Morgan fingerprint density at radius 3 is 2.89 bits per heavy atom. The van der Waals surface area contributed by atoms with Crippen LogP contribution in [0.2, 0.25) is 0 Å². The first kappa shape index (κ1) is 18.7. The van der Waals surface area contributed by atoms with Crippen LogP contribution < -0.4 is 10.1 Å². The topological polar surface area (TPSA) is 75.7 Å². The predicted octanol–water partition coefficient (Wildman–Crippen LogP) is 3.63. The molecule has 6 nitrogen and oxygen atoms in total. The average Bonchev–Trinajstić information content (AvgIpc) is 3.24. The van der Waals surface area contributed by atoms with E-state index >= 15 is 0 Å². The number of fused-ring (bicyclic) bond motifs is 2. The molecule has 2 aromatic rings. The molecule has 2 aliphatic rings. The van der Waals surface area contributed by atoms with Gasteiger partial charge in [-0.2, -0.15) is 0 Å². The minimum absolute atomic E-state index is 0.0718. The fourth-order valence-corrected chi connectivity index (χ4v) is 5.07. The molecular formula is C21H22N2O4S. The molecule has 0 radical (unpaired) electrons. The third-order valence-corrected chi connectivity index (χ3v) is 6.41. The third-order valence-electron chi connectivity index (χ3n) is 5.43. The van der Waals surface area contributed by atoms with E-state index in [0.29, 0.717) is 29.9 Å². The smallest absolute Gasteiger partial charge is 0.325 e. The molecule has 3 amide bonds. The van der Waals surface area contributed by atoms with E-state index in [2.05, 4.69) is 5.32 Å². The SMILES string of the molecule is CCOc1ccc(C(C)=O)cc1CN1C(=O)NC2(CCCc3sccc32)C1=O. The van der Waals surface area contributed by atoms with Crippen molar-refractivity contribution in [2.45, 2.75) is 45.2 Å². The van der Waals surface area contributed by atoms with Crippen LogP contribution in [0.1, 0.15) is 53.1 Å². The fraction of sp³-hybridized carbons (Fsp3) is 0.381. The number of hydrogen-bond donors (Lipinski definition) is 1. The van der Waals surface area contributed by atoms with Gasteiger partial charge < -0.3 is 10.1 Å². The predicted molar refractivity (Wildman–Crippen MR) is 106 cm³/mol. The quantitative estimate of drug-likeness (QED) is 0.616. The maximum absolute atomic E-state index is 13.4. The van der Waals surface area contributed by atoms with E-state index in [0.717, 1.165) is 23.3 Å². The van der Waals surface area contributed by atoms with Gasteiger partial charge in [-0.1, -0.05) is 0 Å². The number of nitrogens with zero attached hydrogens (tertiary/aromatic N) is 1. The number of Topliss-reactive ketones (excluding diaryl/α,β-unsaturated/α-hetero) is 1. The van der Waals surface area contributed by atoms with Gasteiger partial charge in [-0.3, -0.25) is 14.5 Å². The first-order valence-electron chi connectivity index (χ1n) is 9.44. The van der Waals surface area contributed by atoms with Gasteiger partial charge in [-0.25, -0.2) is 4.79 Å². The number of hydrogen-bond acceptors (Lipinski definition) is 5. The Bertz CT molecular complexity index is 967. The van der Waals surface area contributed by atoms with Gasteiger partial charge in [0.15, 0.2) is 5.78 Å². The molecule has 1 aliphatic heterocycles. The molecule has 1 unspecified atom stereocenters. The third kappa shape index (κ3) is 2.90. The molecule has 4 rings (SSSR count). The summed E-state index contributed by atoms with van der Waals surface area (Å²) in [6, 6.07) is 6.67. The minimum Gasteiger partial charge on any atom is -0.494 e. The molecule has 7 heteroatoms. The lowest BCUT2D eigenvalue weighted by Crippen LogP contribution is -2.46. The second-order valence-electron chi connectivity index (χ2n) is 7.15. The van der Waals surface area contributed by atoms with Gasteiger partial charge >= 0.3 is 6.03 Å². The number of nitrogens with one attached hydrogen (secondary N) is 1. The van der Waals surface area contributed by atoms with Crippen LogP contribution in [0.3, 0.4) is 0 Å². The van der Waals surface area contributed by atoms with E-state index < -0.39 is 11.6 Å². The van der Waals surface area contributed by atoms with Crippen molar-refractivity contribution >= 4 is 29.1 Å². The number of thiophene rings is 1. The molecule has 1 saturated heterocycles. The van der Waals surface area contributed by atoms with Crippen LogP contribution in [0.25, 0.3) is 0 Å². The highest BCUT2D eigenvalue weighted by molar-refractivity contribution is 7.10. The summed E-state index contributed by atoms with van der Waals surface area (Å²) in [7, 11) is 0. The van der Waals surface area contributed by atoms with E-state index in [1.807, 2.05) is 18.4 Å². The lowest BCUT2D eigenvalue weighted by atomic mass is 9.80. The van der Waals surface area contributed by atoms with Crippen LogP contribution in [-0.4, -0.2) is 29.2 Å². The summed E-state index contributed by atoms with van der Waals surface area (Å²) < 4.78 is 5.65. The number of amides is 3. The van der Waals surface area contributed by atoms with Gasteiger partial charge in [0.05, 0.1) is 13.2 Å². The number of rotatable bonds is 5. The van der Waals surface area contributed by atoms with E-state index in [1.54, 1.807) is 29.5 Å². The Morgan fingerprint density at radius 1 is 1.32 bits per heavy atom. The van der Waals surface area contributed by atoms with Crippen molar-refractivity contribution in [1.82, 2.24) is 10.2 Å². The number of carbonyl (C=O) groups is 3. The van der Waals surface area contributed by atoms with Gasteiger partial charge in [0.1, 0.15) is 11.3 Å². The van der Waals surface area contributed by atoms with Crippen molar-refractivity contribution < 1.29 is 19.1 Å². The molecule has 1 aromatic carbocycles. The zero-order valence-corrected chi connectivity index (χ0v) is 16.7. The van der Waals surface area contributed by atoms with Crippen LogP contribution in [0, 0.1) is 0 Å². The van der Waals surface area contributed by atoms with Gasteiger partial charge in [0.25, 0.3) is 5.91 Å². The van der Waals surface area contributed by atoms with Crippen molar-refractivity contribution in [3.8, 4) is 5.75 Å². The summed E-state index contributed by atoms with van der Waals surface area (Å²) in [4.78, 5) is 40.3. The Hall–Kier alpha value is -2.67. The van der Waals surface area contributed by atoms with Crippen molar-refractivity contribution in [2.75, 3.05) is 6.61 Å². The minimum atomic E-state index is -0.964. The normalized spacial score (nSPS) is 21.0. The lowest BCUT2D eigenvalue weighted by Gasteiger charge is -2.31. The summed E-state index contributed by atoms with van der Waals surface area (Å²) in [5.41, 5.74) is 1.14. The van der Waals surface area contributed by atoms with Crippen LogP contribution in [-0.2, 0) is 23.3 Å². The monoisotopic (exact) mass is 398 g/mol. The van der Waals surface area contributed by atoms with Crippen LogP contribution >= 0.6 is 11.3 Å². The Kier molecular flexibility index (Phi) is 4.71. The molecular weight excluding hydrogens is 376 g/mol. The molecule has 1 aromatic heterocycles. The second kappa shape index (κ2) is 7.05. The summed E-state index contributed by atoms with van der Waals surface area (Å²) in [6.07, 6.45) is 2.40. The fourth-order valence-electron chi connectivity index (χ4n) is 4.07. The number of ketones is 1. The molecule has 1 fully saturated rings. The summed E-state index contributed by atoms with van der Waals surface area (Å²) in [5, 5.41) is 4.93. The van der Waals surface area contributed by atoms with Gasteiger partial charge in [0, 0.05) is 21.6 Å². The summed E-state index contributed by atoms with van der Waals surface area (Å²) in [6.45, 7) is 3.88. The number of ether oxygens (including phenoxy) is 1. The molecule has 1 aliphatic carbocycles. The van der Waals surface area contributed by atoms with Gasteiger partial charge in [0.2, 0.25) is 0 Å². The highest BCUT2D eigenvalue weighted by Gasteiger charge is 2.54. The van der Waals surface area contributed by atoms with E-state index in [-0.39, 0.29) is 18.2 Å². The number of urea groups is 1. The zero-order chi connectivity index (χ0) is 19.9. The first-order valence-corrected chi connectivity index (χ1v) is 10.3. The summed E-state index contributed by atoms with van der Waals surface area (Å²) in [5.74, 6) is 0.273. The Balaban J connectivity index is 1.69. The van der Waals surface area contributed by atoms with Crippen molar-refractivity contribution in [3.05, 3.63) is 51.2 Å². The Labute approximate surface area is 167 Å². The number of imide groups is 1. The molecule has 1 spiro atoms. The van der Waals surface area contributed by atoms with Gasteiger partial charge in [-0.15, -0.1) is 11.3 Å². The first-order chi connectivity index (χ1) is 13.5. The highest BCUT2D eigenvalue weighted by Crippen LogP contribution is 2.42. The van der Waals surface area contributed by atoms with Crippen LogP contribution in [0.15, 0.2) is 29.6 Å². The largest absolute Gasteiger partial charge is 0.494 e. The Morgan fingerprint density at radius 2 is 2.14 bits per heavy atom. The van der Waals surface area contributed by atoms with Gasteiger partial charge in [-0.05, 0) is 62.8 Å². The van der Waals surface area contributed by atoms with Crippen molar-refractivity contribution in [1.29, 1.82) is 0 Å². The second-order valence-corrected chi connectivity index (χ2v) is 8.15. The number of carbonyl (C=O) groups excluding carboxylic acids is 3. The standard InChI is InChI=1S/C21H22N2O4S/c1-3-27-17-7-6-14(13(2)24)11-15(17)12-23-19(25)21(22-20(23)26)9-4-5-18-16(21)8-10-28-18/h6-8,10-11H,3-5,9,12H2,1-2H3,(H,22,26). The van der Waals surface area contributed by atoms with E-state index in [4.69, 9.17) is 4.74 Å². The molecule has 0 saturated carbocycles. The average molecular weight is 398 g/mol. The van der Waals surface area contributed by atoms with Crippen LogP contribution in [0.5, 0.6) is 5.75 Å². The molecule has 1 N–H and O–H groups in total. The number of benzene rings is 1. The molecule has 1 atom stereocenters. The zero-order valence-electron chi connectivity index (χ0n) is 15.9. The highest BCUT2D eigenvalue weighted by atomic mass is 32.1. The molecule has 146 valence electrons.